The molecule has 0 aliphatic carbocycles. The normalized spacial score (nSPS) is 11.9. The second-order valence-corrected chi connectivity index (χ2v) is 2.42. The molecule has 54 valence electrons. The quantitative estimate of drug-likeness (QED) is 0.594. The zero-order chi connectivity index (χ0) is 7.28. The van der Waals surface area contributed by atoms with Crippen LogP contribution in [-0.4, -0.2) is 13.1 Å². The molecule has 0 saturated carbocycles. The first-order valence-electron chi connectivity index (χ1n) is 3.27. The summed E-state index contributed by atoms with van der Waals surface area (Å²) in [4.78, 5) is 0. The van der Waals surface area contributed by atoms with Gasteiger partial charge >= 0.3 is 0 Å². The fourth-order valence-electron chi connectivity index (χ4n) is 0.714. The Morgan fingerprint density at radius 3 is 2.33 bits per heavy atom. The van der Waals surface area contributed by atoms with E-state index in [0.717, 1.165) is 0 Å². The SMILES string of the molecule is CN/C=C(\C)NC(C)C. The van der Waals surface area contributed by atoms with E-state index in [0.29, 0.717) is 6.04 Å². The molecule has 0 fully saturated rings. The van der Waals surface area contributed by atoms with E-state index < -0.39 is 0 Å². The lowest BCUT2D eigenvalue weighted by Gasteiger charge is -2.08. The number of allylic oxidation sites excluding steroid dienone is 1. The van der Waals surface area contributed by atoms with E-state index in [9.17, 15) is 0 Å². The minimum atomic E-state index is 0.523. The molecule has 0 rings (SSSR count). The third-order valence-electron chi connectivity index (χ3n) is 0.877. The lowest BCUT2D eigenvalue weighted by atomic mass is 10.4. The van der Waals surface area contributed by atoms with Crippen molar-refractivity contribution in [2.24, 2.45) is 0 Å². The molecule has 9 heavy (non-hydrogen) atoms. The molecule has 0 heterocycles. The first kappa shape index (κ1) is 8.34. The molecule has 0 unspecified atom stereocenters. The van der Waals surface area contributed by atoms with Crippen LogP contribution in [0.4, 0.5) is 0 Å². The minimum absolute atomic E-state index is 0.523. The van der Waals surface area contributed by atoms with Gasteiger partial charge in [0.2, 0.25) is 0 Å². The molecule has 2 heteroatoms. The lowest BCUT2D eigenvalue weighted by molar-refractivity contribution is 0.664. The molecule has 2 nitrogen and oxygen atoms in total. The van der Waals surface area contributed by atoms with Crippen LogP contribution in [0.2, 0.25) is 0 Å². The molecule has 0 aliphatic rings. The van der Waals surface area contributed by atoms with Gasteiger partial charge in [-0.05, 0) is 20.8 Å². The van der Waals surface area contributed by atoms with Gasteiger partial charge in [0.1, 0.15) is 0 Å². The smallest absolute Gasteiger partial charge is 0.0236 e. The van der Waals surface area contributed by atoms with Gasteiger partial charge in [0.15, 0.2) is 0 Å². The summed E-state index contributed by atoms with van der Waals surface area (Å²) in [6.07, 6.45) is 1.94. The van der Waals surface area contributed by atoms with Crippen molar-refractivity contribution in [3.63, 3.8) is 0 Å². The van der Waals surface area contributed by atoms with E-state index in [1.807, 2.05) is 20.2 Å². The Labute approximate surface area is 57.3 Å². The summed E-state index contributed by atoms with van der Waals surface area (Å²) >= 11 is 0. The van der Waals surface area contributed by atoms with E-state index in [-0.39, 0.29) is 0 Å². The van der Waals surface area contributed by atoms with Crippen molar-refractivity contribution in [1.82, 2.24) is 10.6 Å². The second kappa shape index (κ2) is 4.24. The average molecular weight is 128 g/mol. The maximum Gasteiger partial charge on any atom is 0.0236 e. The lowest BCUT2D eigenvalue weighted by Crippen LogP contribution is -2.21. The number of rotatable bonds is 3. The summed E-state index contributed by atoms with van der Waals surface area (Å²) in [5.41, 5.74) is 1.17. The van der Waals surface area contributed by atoms with E-state index in [1.54, 1.807) is 0 Å². The van der Waals surface area contributed by atoms with Gasteiger partial charge < -0.3 is 10.6 Å². The maximum absolute atomic E-state index is 3.24. The molecule has 0 aromatic carbocycles. The highest BCUT2D eigenvalue weighted by Crippen LogP contribution is 1.86. The molecule has 0 radical (unpaired) electrons. The molecular weight excluding hydrogens is 112 g/mol. The standard InChI is InChI=1S/C7H16N2/c1-6(2)9-7(3)5-8-4/h5-6,8-9H,1-4H3/b7-5+. The predicted octanol–water partition coefficient (Wildman–Crippen LogP) is 1.07. The fourth-order valence-corrected chi connectivity index (χ4v) is 0.714. The molecule has 0 aliphatic heterocycles. The topological polar surface area (TPSA) is 24.1 Å². The Hall–Kier alpha value is -0.660. The summed E-state index contributed by atoms with van der Waals surface area (Å²) in [5, 5.41) is 6.19. The van der Waals surface area contributed by atoms with E-state index in [1.165, 1.54) is 5.70 Å². The van der Waals surface area contributed by atoms with Gasteiger partial charge in [0.05, 0.1) is 0 Å². The first-order chi connectivity index (χ1) is 4.16. The van der Waals surface area contributed by atoms with E-state index in [4.69, 9.17) is 0 Å². The average Bonchev–Trinajstić information content (AvgIpc) is 1.63. The summed E-state index contributed by atoms with van der Waals surface area (Å²) < 4.78 is 0. The Morgan fingerprint density at radius 1 is 1.44 bits per heavy atom. The highest BCUT2D eigenvalue weighted by Gasteiger charge is 1.89. The number of nitrogens with one attached hydrogen (secondary N) is 2. The first-order valence-corrected chi connectivity index (χ1v) is 3.27. The van der Waals surface area contributed by atoms with E-state index in [2.05, 4.69) is 24.5 Å². The van der Waals surface area contributed by atoms with Gasteiger partial charge in [-0.15, -0.1) is 0 Å². The van der Waals surface area contributed by atoms with Gasteiger partial charge in [-0.2, -0.15) is 0 Å². The van der Waals surface area contributed by atoms with Gasteiger partial charge in [0.25, 0.3) is 0 Å². The minimum Gasteiger partial charge on any atom is -0.393 e. The Bertz CT molecular complexity index is 95.1. The highest BCUT2D eigenvalue weighted by molar-refractivity contribution is 4.93. The van der Waals surface area contributed by atoms with E-state index >= 15 is 0 Å². The molecular formula is C7H16N2. The molecule has 0 saturated heterocycles. The predicted molar refractivity (Wildman–Crippen MR) is 41.1 cm³/mol. The van der Waals surface area contributed by atoms with Crippen LogP contribution in [0.15, 0.2) is 11.9 Å². The summed E-state index contributed by atoms with van der Waals surface area (Å²) in [5.74, 6) is 0. The van der Waals surface area contributed by atoms with Crippen LogP contribution in [0.3, 0.4) is 0 Å². The zero-order valence-electron chi connectivity index (χ0n) is 6.65. The van der Waals surface area contributed by atoms with Crippen LogP contribution in [0.5, 0.6) is 0 Å². The Morgan fingerprint density at radius 2 is 2.00 bits per heavy atom. The fraction of sp³-hybridized carbons (Fsp3) is 0.714. The molecule has 0 aromatic rings. The van der Waals surface area contributed by atoms with Crippen LogP contribution >= 0.6 is 0 Å². The molecule has 2 N–H and O–H groups in total. The Kier molecular flexibility index (Phi) is 3.93. The van der Waals surface area contributed by atoms with Crippen molar-refractivity contribution in [3.8, 4) is 0 Å². The van der Waals surface area contributed by atoms with Gasteiger partial charge in [0, 0.05) is 25.0 Å². The molecule has 0 aromatic heterocycles. The highest BCUT2D eigenvalue weighted by atomic mass is 14.9. The van der Waals surface area contributed by atoms with Crippen molar-refractivity contribution in [2.75, 3.05) is 7.05 Å². The monoisotopic (exact) mass is 128 g/mol. The van der Waals surface area contributed by atoms with Crippen molar-refractivity contribution in [1.29, 1.82) is 0 Å². The van der Waals surface area contributed by atoms with Crippen LogP contribution in [0.1, 0.15) is 20.8 Å². The van der Waals surface area contributed by atoms with Crippen molar-refractivity contribution in [3.05, 3.63) is 11.9 Å². The third kappa shape index (κ3) is 5.21. The maximum atomic E-state index is 3.24. The van der Waals surface area contributed by atoms with Crippen molar-refractivity contribution < 1.29 is 0 Å². The van der Waals surface area contributed by atoms with Gasteiger partial charge in [-0.3, -0.25) is 0 Å². The summed E-state index contributed by atoms with van der Waals surface area (Å²) in [6.45, 7) is 6.27. The molecule has 0 amide bonds. The molecule has 0 bridgehead atoms. The van der Waals surface area contributed by atoms with Gasteiger partial charge in [-0.1, -0.05) is 0 Å². The largest absolute Gasteiger partial charge is 0.393 e. The number of hydrogen-bond donors (Lipinski definition) is 2. The molecule has 0 spiro atoms. The Balaban J connectivity index is 3.49. The van der Waals surface area contributed by atoms with Crippen LogP contribution in [0.25, 0.3) is 0 Å². The summed E-state index contributed by atoms with van der Waals surface area (Å²) in [7, 11) is 1.89. The van der Waals surface area contributed by atoms with Crippen LogP contribution < -0.4 is 10.6 Å². The van der Waals surface area contributed by atoms with Crippen LogP contribution in [-0.2, 0) is 0 Å². The van der Waals surface area contributed by atoms with Gasteiger partial charge in [-0.25, -0.2) is 0 Å². The van der Waals surface area contributed by atoms with Crippen molar-refractivity contribution in [2.45, 2.75) is 26.8 Å². The molecule has 0 atom stereocenters. The van der Waals surface area contributed by atoms with Crippen LogP contribution in [0, 0.1) is 0 Å². The second-order valence-electron chi connectivity index (χ2n) is 2.42. The zero-order valence-corrected chi connectivity index (χ0v) is 6.65. The summed E-state index contributed by atoms with van der Waals surface area (Å²) in [6, 6.07) is 0.523. The number of hydrogen-bond acceptors (Lipinski definition) is 2. The third-order valence-corrected chi connectivity index (χ3v) is 0.877. The van der Waals surface area contributed by atoms with Crippen molar-refractivity contribution >= 4 is 0 Å².